The lowest BCUT2D eigenvalue weighted by Gasteiger charge is -2.02. The number of nitrogens with one attached hydrogen (secondary N) is 1. The summed E-state index contributed by atoms with van der Waals surface area (Å²) in [7, 11) is 0. The lowest BCUT2D eigenvalue weighted by molar-refractivity contribution is -0.115. The van der Waals surface area contributed by atoms with Gasteiger partial charge in [0.2, 0.25) is 18.6 Å². The zero-order chi connectivity index (χ0) is 17.2. The number of amides is 1. The standard InChI is InChI=1S/C17H12FN3O4/c18-12-4-2-11(3-5-12)16-20-21-17(25-16)19-15(22)8-10-1-6-13-14(7-10)24-9-23-13/h1-7H,8-9H2,(H,19,21,22). The zero-order valence-corrected chi connectivity index (χ0v) is 12.9. The molecule has 8 heteroatoms. The molecule has 2 aromatic carbocycles. The molecule has 7 nitrogen and oxygen atoms in total. The van der Waals surface area contributed by atoms with E-state index < -0.39 is 0 Å². The Morgan fingerprint density at radius 1 is 1.08 bits per heavy atom. The molecule has 0 saturated heterocycles. The van der Waals surface area contributed by atoms with Gasteiger partial charge in [0.25, 0.3) is 0 Å². The fourth-order valence-corrected chi connectivity index (χ4v) is 2.38. The molecule has 0 bridgehead atoms. The summed E-state index contributed by atoms with van der Waals surface area (Å²) >= 11 is 0. The predicted octanol–water partition coefficient (Wildman–Crippen LogP) is 2.79. The van der Waals surface area contributed by atoms with Crippen molar-refractivity contribution in [2.45, 2.75) is 6.42 Å². The number of rotatable bonds is 4. The van der Waals surface area contributed by atoms with E-state index in [2.05, 4.69) is 15.5 Å². The highest BCUT2D eigenvalue weighted by Crippen LogP contribution is 2.32. The fourth-order valence-electron chi connectivity index (χ4n) is 2.38. The van der Waals surface area contributed by atoms with Gasteiger partial charge in [-0.25, -0.2) is 4.39 Å². The van der Waals surface area contributed by atoms with Crippen molar-refractivity contribution in [1.82, 2.24) is 10.2 Å². The van der Waals surface area contributed by atoms with Crippen LogP contribution in [0.1, 0.15) is 5.56 Å². The van der Waals surface area contributed by atoms with Gasteiger partial charge in [0, 0.05) is 5.56 Å². The van der Waals surface area contributed by atoms with Gasteiger partial charge >= 0.3 is 6.01 Å². The first-order valence-electron chi connectivity index (χ1n) is 7.45. The van der Waals surface area contributed by atoms with Crippen molar-refractivity contribution in [3.8, 4) is 23.0 Å². The van der Waals surface area contributed by atoms with E-state index in [0.717, 1.165) is 5.56 Å². The summed E-state index contributed by atoms with van der Waals surface area (Å²) in [5, 5.41) is 10.1. The number of ether oxygens (including phenoxy) is 2. The summed E-state index contributed by atoms with van der Waals surface area (Å²) in [6.07, 6.45) is 0.116. The molecular weight excluding hydrogens is 329 g/mol. The van der Waals surface area contributed by atoms with Crippen LogP contribution < -0.4 is 14.8 Å². The maximum atomic E-state index is 12.9. The molecule has 0 atom stereocenters. The molecule has 0 radical (unpaired) electrons. The minimum atomic E-state index is -0.361. The van der Waals surface area contributed by atoms with Crippen LogP contribution in [0.3, 0.4) is 0 Å². The van der Waals surface area contributed by atoms with Gasteiger partial charge < -0.3 is 13.9 Å². The number of aromatic nitrogens is 2. The van der Waals surface area contributed by atoms with Crippen LogP contribution in [0.25, 0.3) is 11.5 Å². The summed E-state index contributed by atoms with van der Waals surface area (Å²) in [5.74, 6) is 0.791. The number of anilines is 1. The SMILES string of the molecule is O=C(Cc1ccc2c(c1)OCO2)Nc1nnc(-c2ccc(F)cc2)o1. The van der Waals surface area contributed by atoms with Crippen LogP contribution in [-0.4, -0.2) is 22.9 Å². The third-order valence-corrected chi connectivity index (χ3v) is 3.56. The normalized spacial score (nSPS) is 12.2. The van der Waals surface area contributed by atoms with E-state index in [0.29, 0.717) is 17.1 Å². The number of hydrogen-bond donors (Lipinski definition) is 1. The summed E-state index contributed by atoms with van der Waals surface area (Å²) in [4.78, 5) is 12.1. The predicted molar refractivity (Wildman–Crippen MR) is 84.6 cm³/mol. The quantitative estimate of drug-likeness (QED) is 0.785. The van der Waals surface area contributed by atoms with Crippen molar-refractivity contribution in [3.05, 3.63) is 53.8 Å². The van der Waals surface area contributed by atoms with Crippen molar-refractivity contribution < 1.29 is 23.1 Å². The van der Waals surface area contributed by atoms with E-state index in [9.17, 15) is 9.18 Å². The number of carbonyl (C=O) groups is 1. The van der Waals surface area contributed by atoms with Crippen molar-refractivity contribution in [3.63, 3.8) is 0 Å². The third kappa shape index (κ3) is 3.27. The van der Waals surface area contributed by atoms with Gasteiger partial charge in [0.15, 0.2) is 11.5 Å². The third-order valence-electron chi connectivity index (χ3n) is 3.56. The average molecular weight is 341 g/mol. The summed E-state index contributed by atoms with van der Waals surface area (Å²) < 4.78 is 28.8. The molecule has 0 spiro atoms. The topological polar surface area (TPSA) is 86.5 Å². The molecule has 4 rings (SSSR count). The van der Waals surface area contributed by atoms with Gasteiger partial charge in [-0.15, -0.1) is 5.10 Å². The largest absolute Gasteiger partial charge is 0.454 e. The van der Waals surface area contributed by atoms with Crippen molar-refractivity contribution >= 4 is 11.9 Å². The number of halogens is 1. The molecule has 1 aliphatic rings. The van der Waals surface area contributed by atoms with Gasteiger partial charge in [0.1, 0.15) is 5.82 Å². The first-order chi connectivity index (χ1) is 12.2. The van der Waals surface area contributed by atoms with Crippen LogP contribution in [0.4, 0.5) is 10.4 Å². The molecule has 1 N–H and O–H groups in total. The first-order valence-corrected chi connectivity index (χ1v) is 7.45. The average Bonchev–Trinajstić information content (AvgIpc) is 3.24. The molecule has 1 aliphatic heterocycles. The fraction of sp³-hybridized carbons (Fsp3) is 0.118. The summed E-state index contributed by atoms with van der Waals surface area (Å²) in [6, 6.07) is 10.9. The van der Waals surface area contributed by atoms with Crippen molar-refractivity contribution in [1.29, 1.82) is 0 Å². The molecule has 126 valence electrons. The van der Waals surface area contributed by atoms with Crippen LogP contribution in [0.2, 0.25) is 0 Å². The molecule has 3 aromatic rings. The van der Waals surface area contributed by atoms with Crippen LogP contribution in [0.5, 0.6) is 11.5 Å². The van der Waals surface area contributed by atoms with Gasteiger partial charge in [-0.2, -0.15) is 0 Å². The van der Waals surface area contributed by atoms with Gasteiger partial charge in [-0.05, 0) is 42.0 Å². The number of benzene rings is 2. The van der Waals surface area contributed by atoms with E-state index in [1.807, 2.05) is 0 Å². The van der Waals surface area contributed by atoms with Crippen molar-refractivity contribution in [2.75, 3.05) is 12.1 Å². The highest BCUT2D eigenvalue weighted by molar-refractivity contribution is 5.90. The maximum absolute atomic E-state index is 12.9. The minimum absolute atomic E-state index is 0.0231. The number of hydrogen-bond acceptors (Lipinski definition) is 6. The molecule has 0 fully saturated rings. The Kier molecular flexibility index (Phi) is 3.77. The Morgan fingerprint density at radius 3 is 2.72 bits per heavy atom. The molecule has 0 saturated carbocycles. The highest BCUT2D eigenvalue weighted by atomic mass is 19.1. The van der Waals surface area contributed by atoms with Crippen molar-refractivity contribution in [2.24, 2.45) is 0 Å². The first kappa shape index (κ1) is 15.1. The van der Waals surface area contributed by atoms with Crippen LogP contribution >= 0.6 is 0 Å². The molecular formula is C17H12FN3O4. The Balaban J connectivity index is 1.42. The van der Waals surface area contributed by atoms with E-state index in [4.69, 9.17) is 13.9 Å². The lowest BCUT2D eigenvalue weighted by atomic mass is 10.1. The second kappa shape index (κ2) is 6.23. The minimum Gasteiger partial charge on any atom is -0.454 e. The summed E-state index contributed by atoms with van der Waals surface area (Å²) in [6.45, 7) is 0.180. The molecule has 1 aromatic heterocycles. The number of nitrogens with zero attached hydrogens (tertiary/aromatic N) is 2. The smallest absolute Gasteiger partial charge is 0.322 e. The van der Waals surface area contributed by atoms with Gasteiger partial charge in [-0.3, -0.25) is 10.1 Å². The Morgan fingerprint density at radius 2 is 1.88 bits per heavy atom. The second-order valence-corrected chi connectivity index (χ2v) is 5.33. The van der Waals surface area contributed by atoms with E-state index in [1.54, 1.807) is 18.2 Å². The molecule has 1 amide bonds. The number of carbonyl (C=O) groups excluding carboxylic acids is 1. The Hall–Kier alpha value is -3.42. The van der Waals surface area contributed by atoms with Crippen LogP contribution in [0.15, 0.2) is 46.9 Å². The van der Waals surface area contributed by atoms with E-state index >= 15 is 0 Å². The lowest BCUT2D eigenvalue weighted by Crippen LogP contribution is -2.14. The molecule has 0 unspecified atom stereocenters. The van der Waals surface area contributed by atoms with Crippen LogP contribution in [0, 0.1) is 5.82 Å². The summed E-state index contributed by atoms with van der Waals surface area (Å²) in [5.41, 5.74) is 1.32. The van der Waals surface area contributed by atoms with E-state index in [-0.39, 0.29) is 36.8 Å². The van der Waals surface area contributed by atoms with Gasteiger partial charge in [-0.1, -0.05) is 11.2 Å². The Labute approximate surface area is 141 Å². The number of fused-ring (bicyclic) bond motifs is 1. The monoisotopic (exact) mass is 341 g/mol. The van der Waals surface area contributed by atoms with Gasteiger partial charge in [0.05, 0.1) is 6.42 Å². The Bertz CT molecular complexity index is 924. The highest BCUT2D eigenvalue weighted by Gasteiger charge is 2.16. The van der Waals surface area contributed by atoms with E-state index in [1.165, 1.54) is 24.3 Å². The zero-order valence-electron chi connectivity index (χ0n) is 12.9. The maximum Gasteiger partial charge on any atom is 0.322 e. The molecule has 0 aliphatic carbocycles. The molecule has 25 heavy (non-hydrogen) atoms. The van der Waals surface area contributed by atoms with Crippen LogP contribution in [-0.2, 0) is 11.2 Å². The molecule has 2 heterocycles. The second-order valence-electron chi connectivity index (χ2n) is 5.33.